The van der Waals surface area contributed by atoms with Gasteiger partial charge in [-0.1, -0.05) is 20.8 Å². The molecule has 0 aromatic carbocycles. The Morgan fingerprint density at radius 1 is 1.14 bits per heavy atom. The van der Waals surface area contributed by atoms with E-state index in [-0.39, 0.29) is 0 Å². The van der Waals surface area contributed by atoms with E-state index in [1.165, 1.54) is 19.3 Å². The van der Waals surface area contributed by atoms with E-state index in [1.54, 1.807) is 0 Å². The summed E-state index contributed by atoms with van der Waals surface area (Å²) in [5.41, 5.74) is 0. The first kappa shape index (κ1) is 13.9. The number of rotatable bonds is 9. The lowest BCUT2D eigenvalue weighted by Crippen LogP contribution is -2.33. The normalized spacial score (nSPS) is 13.5. The van der Waals surface area contributed by atoms with E-state index in [0.29, 0.717) is 6.04 Å². The van der Waals surface area contributed by atoms with Gasteiger partial charge < -0.3 is 10.1 Å². The summed E-state index contributed by atoms with van der Waals surface area (Å²) in [6.45, 7) is 11.7. The summed E-state index contributed by atoms with van der Waals surface area (Å²) in [6.07, 6.45) is 3.75. The van der Waals surface area contributed by atoms with Crippen LogP contribution in [0.3, 0.4) is 0 Å². The van der Waals surface area contributed by atoms with Gasteiger partial charge in [0.1, 0.15) is 0 Å². The van der Waals surface area contributed by atoms with Crippen LogP contribution < -0.4 is 5.32 Å². The first-order valence-electron chi connectivity index (χ1n) is 6.03. The van der Waals surface area contributed by atoms with E-state index in [2.05, 4.69) is 33.0 Å². The molecule has 0 radical (unpaired) electrons. The first-order chi connectivity index (χ1) is 6.72. The Kier molecular flexibility index (Phi) is 9.42. The third-order valence-corrected chi connectivity index (χ3v) is 2.53. The van der Waals surface area contributed by atoms with Crippen LogP contribution in [0, 0.1) is 5.92 Å². The maximum absolute atomic E-state index is 5.32. The topological polar surface area (TPSA) is 21.3 Å². The molecule has 0 fully saturated rings. The molecular formula is C12H27NO. The second kappa shape index (κ2) is 9.47. The van der Waals surface area contributed by atoms with Gasteiger partial charge in [-0.3, -0.25) is 0 Å². The molecule has 0 heterocycles. The van der Waals surface area contributed by atoms with Crippen LogP contribution >= 0.6 is 0 Å². The molecule has 0 spiro atoms. The molecule has 1 N–H and O–H groups in total. The molecule has 14 heavy (non-hydrogen) atoms. The van der Waals surface area contributed by atoms with Gasteiger partial charge in [0.15, 0.2) is 0 Å². The molecule has 0 aliphatic rings. The van der Waals surface area contributed by atoms with E-state index in [4.69, 9.17) is 4.74 Å². The predicted molar refractivity (Wildman–Crippen MR) is 62.6 cm³/mol. The average Bonchev–Trinajstić information content (AvgIpc) is 2.15. The highest BCUT2D eigenvalue weighted by Gasteiger charge is 2.10. The molecule has 0 aliphatic heterocycles. The summed E-state index contributed by atoms with van der Waals surface area (Å²) in [5, 5.41) is 3.53. The highest BCUT2D eigenvalue weighted by atomic mass is 16.5. The maximum Gasteiger partial charge on any atom is 0.0465 e. The molecular weight excluding hydrogens is 174 g/mol. The van der Waals surface area contributed by atoms with Gasteiger partial charge in [0.25, 0.3) is 0 Å². The Bertz CT molecular complexity index is 115. The van der Waals surface area contributed by atoms with Crippen LogP contribution in [0.5, 0.6) is 0 Å². The standard InChI is InChI=1S/C12H27NO/c1-5-13-12(11(3)4)9-7-8-10-14-6-2/h11-13H,5-10H2,1-4H3. The van der Waals surface area contributed by atoms with Crippen molar-refractivity contribution >= 4 is 0 Å². The van der Waals surface area contributed by atoms with Crippen molar-refractivity contribution in [1.82, 2.24) is 5.32 Å². The fraction of sp³-hybridized carbons (Fsp3) is 1.00. The molecule has 0 rings (SSSR count). The average molecular weight is 201 g/mol. The van der Waals surface area contributed by atoms with Crippen LogP contribution in [0.1, 0.15) is 47.0 Å². The lowest BCUT2D eigenvalue weighted by Gasteiger charge is -2.21. The lowest BCUT2D eigenvalue weighted by molar-refractivity contribution is 0.141. The first-order valence-corrected chi connectivity index (χ1v) is 6.03. The van der Waals surface area contributed by atoms with E-state index in [1.807, 2.05) is 0 Å². The van der Waals surface area contributed by atoms with Gasteiger partial charge in [-0.15, -0.1) is 0 Å². The van der Waals surface area contributed by atoms with Gasteiger partial charge in [0.05, 0.1) is 0 Å². The second-order valence-electron chi connectivity index (χ2n) is 4.10. The van der Waals surface area contributed by atoms with E-state index >= 15 is 0 Å². The molecule has 0 aromatic rings. The van der Waals surface area contributed by atoms with Gasteiger partial charge in [0.2, 0.25) is 0 Å². The minimum Gasteiger partial charge on any atom is -0.382 e. The molecule has 1 unspecified atom stereocenters. The van der Waals surface area contributed by atoms with Crippen molar-refractivity contribution < 1.29 is 4.74 Å². The van der Waals surface area contributed by atoms with Crippen LogP contribution in [0.15, 0.2) is 0 Å². The Morgan fingerprint density at radius 2 is 1.86 bits per heavy atom. The Balaban J connectivity index is 3.41. The number of hydrogen-bond donors (Lipinski definition) is 1. The molecule has 0 saturated heterocycles. The number of unbranched alkanes of at least 4 members (excludes halogenated alkanes) is 1. The van der Waals surface area contributed by atoms with Crippen molar-refractivity contribution in [3.05, 3.63) is 0 Å². The van der Waals surface area contributed by atoms with Crippen LogP contribution in [-0.4, -0.2) is 25.8 Å². The molecule has 2 nitrogen and oxygen atoms in total. The minimum atomic E-state index is 0.682. The third kappa shape index (κ3) is 7.34. The Hall–Kier alpha value is -0.0800. The molecule has 86 valence electrons. The van der Waals surface area contributed by atoms with Crippen LogP contribution in [0.25, 0.3) is 0 Å². The van der Waals surface area contributed by atoms with Gasteiger partial charge in [-0.05, 0) is 38.6 Å². The SMILES string of the molecule is CCNC(CCCCOCC)C(C)C. The lowest BCUT2D eigenvalue weighted by atomic mass is 9.98. The van der Waals surface area contributed by atoms with Gasteiger partial charge >= 0.3 is 0 Å². The zero-order valence-electron chi connectivity index (χ0n) is 10.3. The Morgan fingerprint density at radius 3 is 2.36 bits per heavy atom. The summed E-state index contributed by atoms with van der Waals surface area (Å²) in [5.74, 6) is 0.738. The summed E-state index contributed by atoms with van der Waals surface area (Å²) in [4.78, 5) is 0. The zero-order valence-corrected chi connectivity index (χ0v) is 10.3. The molecule has 0 amide bonds. The van der Waals surface area contributed by atoms with E-state index in [0.717, 1.165) is 25.7 Å². The van der Waals surface area contributed by atoms with Crippen molar-refractivity contribution in [3.63, 3.8) is 0 Å². The largest absolute Gasteiger partial charge is 0.382 e. The number of ether oxygens (including phenoxy) is 1. The van der Waals surface area contributed by atoms with Crippen molar-refractivity contribution in [2.75, 3.05) is 19.8 Å². The van der Waals surface area contributed by atoms with Crippen LogP contribution in [-0.2, 0) is 4.74 Å². The summed E-state index contributed by atoms with van der Waals surface area (Å²) < 4.78 is 5.32. The fourth-order valence-corrected chi connectivity index (χ4v) is 1.65. The quantitative estimate of drug-likeness (QED) is 0.579. The molecule has 1 atom stereocenters. The van der Waals surface area contributed by atoms with E-state index < -0.39 is 0 Å². The maximum atomic E-state index is 5.32. The summed E-state index contributed by atoms with van der Waals surface area (Å²) in [7, 11) is 0. The highest BCUT2D eigenvalue weighted by Crippen LogP contribution is 2.09. The van der Waals surface area contributed by atoms with Gasteiger partial charge in [-0.25, -0.2) is 0 Å². The monoisotopic (exact) mass is 201 g/mol. The highest BCUT2D eigenvalue weighted by molar-refractivity contribution is 4.69. The smallest absolute Gasteiger partial charge is 0.0465 e. The van der Waals surface area contributed by atoms with Crippen molar-refractivity contribution in [3.8, 4) is 0 Å². The molecule has 2 heteroatoms. The molecule has 0 saturated carbocycles. The van der Waals surface area contributed by atoms with Crippen LogP contribution in [0.2, 0.25) is 0 Å². The number of nitrogens with one attached hydrogen (secondary N) is 1. The summed E-state index contributed by atoms with van der Waals surface area (Å²) in [6, 6.07) is 0.682. The zero-order chi connectivity index (χ0) is 10.8. The van der Waals surface area contributed by atoms with Crippen molar-refractivity contribution in [1.29, 1.82) is 0 Å². The van der Waals surface area contributed by atoms with Crippen LogP contribution in [0.4, 0.5) is 0 Å². The molecule has 0 aliphatic carbocycles. The Labute approximate surface area is 89.4 Å². The fourth-order valence-electron chi connectivity index (χ4n) is 1.65. The van der Waals surface area contributed by atoms with Gasteiger partial charge in [-0.2, -0.15) is 0 Å². The minimum absolute atomic E-state index is 0.682. The van der Waals surface area contributed by atoms with Crippen molar-refractivity contribution in [2.24, 2.45) is 5.92 Å². The molecule has 0 bridgehead atoms. The second-order valence-corrected chi connectivity index (χ2v) is 4.10. The molecule has 0 aromatic heterocycles. The van der Waals surface area contributed by atoms with Crippen molar-refractivity contribution in [2.45, 2.75) is 53.0 Å². The number of hydrogen-bond acceptors (Lipinski definition) is 2. The van der Waals surface area contributed by atoms with Gasteiger partial charge in [0, 0.05) is 19.3 Å². The van der Waals surface area contributed by atoms with E-state index in [9.17, 15) is 0 Å². The predicted octanol–water partition coefficient (Wildman–Crippen LogP) is 2.83. The summed E-state index contributed by atoms with van der Waals surface area (Å²) >= 11 is 0. The third-order valence-electron chi connectivity index (χ3n) is 2.53.